The number of benzene rings is 2. The first-order valence-electron chi connectivity index (χ1n) is 7.94. The number of aromatic nitrogens is 2. The summed E-state index contributed by atoms with van der Waals surface area (Å²) in [7, 11) is 0. The second kappa shape index (κ2) is 8.66. The molecule has 9 heteroatoms. The van der Waals surface area contributed by atoms with Gasteiger partial charge in [-0.3, -0.25) is 20.4 Å². The maximum Gasteiger partial charge on any atom is 0.269 e. The van der Waals surface area contributed by atoms with Crippen molar-refractivity contribution in [3.63, 3.8) is 0 Å². The van der Waals surface area contributed by atoms with Crippen molar-refractivity contribution in [1.29, 1.82) is 0 Å². The number of carbonyl (C=O) groups is 2. The summed E-state index contributed by atoms with van der Waals surface area (Å²) in [5.74, 6) is -0.0939. The molecule has 0 aliphatic rings. The van der Waals surface area contributed by atoms with Crippen LogP contribution in [-0.4, -0.2) is 22.0 Å². The second-order valence-corrected chi connectivity index (χ2v) is 6.40. The Morgan fingerprint density at radius 3 is 2.22 bits per heavy atom. The lowest BCUT2D eigenvalue weighted by Crippen LogP contribution is -2.41. The summed E-state index contributed by atoms with van der Waals surface area (Å²) < 4.78 is 5.13. The van der Waals surface area contributed by atoms with E-state index in [2.05, 4.69) is 21.0 Å². The van der Waals surface area contributed by atoms with Crippen molar-refractivity contribution in [1.82, 2.24) is 21.0 Å². The maximum atomic E-state index is 11.9. The molecule has 0 saturated carbocycles. The minimum absolute atomic E-state index is 0.0726. The van der Waals surface area contributed by atoms with Crippen LogP contribution in [0.3, 0.4) is 0 Å². The fourth-order valence-corrected chi connectivity index (χ4v) is 2.41. The van der Waals surface area contributed by atoms with Crippen LogP contribution in [-0.2, 0) is 11.2 Å². The quantitative estimate of drug-likeness (QED) is 0.634. The van der Waals surface area contributed by atoms with E-state index >= 15 is 0 Å². The SMILES string of the molecule is O=C(CCc1nc(-c2ccc(Cl)cc2)no1)NNC(=O)c1ccc(Cl)cc1. The number of amides is 2. The molecule has 0 atom stereocenters. The standard InChI is InChI=1S/C18H14Cl2N4O3/c19-13-5-1-11(2-6-13)17-21-16(27-24-17)10-9-15(25)22-23-18(26)12-3-7-14(20)8-4-12/h1-8H,9-10H2,(H,22,25)(H,23,26). The van der Waals surface area contributed by atoms with E-state index in [4.69, 9.17) is 27.7 Å². The zero-order valence-corrected chi connectivity index (χ0v) is 15.4. The van der Waals surface area contributed by atoms with Gasteiger partial charge in [0, 0.05) is 34.0 Å². The van der Waals surface area contributed by atoms with E-state index in [9.17, 15) is 9.59 Å². The molecule has 0 spiro atoms. The number of nitrogens with zero attached hydrogens (tertiary/aromatic N) is 2. The topological polar surface area (TPSA) is 97.1 Å². The molecule has 27 heavy (non-hydrogen) atoms. The van der Waals surface area contributed by atoms with E-state index in [0.29, 0.717) is 27.3 Å². The van der Waals surface area contributed by atoms with Crippen LogP contribution in [0, 0.1) is 0 Å². The van der Waals surface area contributed by atoms with Crippen molar-refractivity contribution in [2.45, 2.75) is 12.8 Å². The zero-order valence-electron chi connectivity index (χ0n) is 13.9. The average Bonchev–Trinajstić information content (AvgIpc) is 3.14. The third kappa shape index (κ3) is 5.29. The van der Waals surface area contributed by atoms with Gasteiger partial charge in [0.15, 0.2) is 0 Å². The number of hydrogen-bond donors (Lipinski definition) is 2. The molecule has 2 N–H and O–H groups in total. The Bertz CT molecular complexity index is 940. The molecule has 0 fully saturated rings. The van der Waals surface area contributed by atoms with E-state index in [0.717, 1.165) is 5.56 Å². The van der Waals surface area contributed by atoms with Crippen LogP contribution in [0.2, 0.25) is 10.0 Å². The van der Waals surface area contributed by atoms with Crippen LogP contribution in [0.25, 0.3) is 11.4 Å². The second-order valence-electron chi connectivity index (χ2n) is 5.53. The predicted molar refractivity (Wildman–Crippen MR) is 100 cm³/mol. The Balaban J connectivity index is 1.47. The van der Waals surface area contributed by atoms with E-state index in [-0.39, 0.29) is 18.7 Å². The largest absolute Gasteiger partial charge is 0.339 e. The van der Waals surface area contributed by atoms with Gasteiger partial charge in [0.1, 0.15) is 0 Å². The summed E-state index contributed by atoms with van der Waals surface area (Å²) in [6, 6.07) is 13.3. The predicted octanol–water partition coefficient (Wildman–Crippen LogP) is 3.44. The summed E-state index contributed by atoms with van der Waals surface area (Å²) in [5, 5.41) is 5.01. The lowest BCUT2D eigenvalue weighted by Gasteiger charge is -2.06. The molecular formula is C18H14Cl2N4O3. The van der Waals surface area contributed by atoms with Crippen molar-refractivity contribution in [3.8, 4) is 11.4 Å². The van der Waals surface area contributed by atoms with Crippen LogP contribution in [0.4, 0.5) is 0 Å². The van der Waals surface area contributed by atoms with Crippen molar-refractivity contribution in [2.24, 2.45) is 0 Å². The average molecular weight is 405 g/mol. The highest BCUT2D eigenvalue weighted by Gasteiger charge is 2.12. The van der Waals surface area contributed by atoms with Gasteiger partial charge < -0.3 is 4.52 Å². The van der Waals surface area contributed by atoms with E-state index in [1.807, 2.05) is 0 Å². The summed E-state index contributed by atoms with van der Waals surface area (Å²) >= 11 is 11.6. The van der Waals surface area contributed by atoms with Gasteiger partial charge in [0.05, 0.1) is 0 Å². The number of rotatable bonds is 5. The lowest BCUT2D eigenvalue weighted by molar-refractivity contribution is -0.121. The van der Waals surface area contributed by atoms with Crippen LogP contribution < -0.4 is 10.9 Å². The number of hydrazine groups is 1. The highest BCUT2D eigenvalue weighted by molar-refractivity contribution is 6.30. The zero-order chi connectivity index (χ0) is 19.2. The number of halogens is 2. The van der Waals surface area contributed by atoms with Crippen molar-refractivity contribution in [2.75, 3.05) is 0 Å². The first-order chi connectivity index (χ1) is 13.0. The molecular weight excluding hydrogens is 391 g/mol. The van der Waals surface area contributed by atoms with Crippen molar-refractivity contribution >= 4 is 35.0 Å². The normalized spacial score (nSPS) is 10.4. The van der Waals surface area contributed by atoms with Crippen LogP contribution in [0.5, 0.6) is 0 Å². The maximum absolute atomic E-state index is 11.9. The summed E-state index contributed by atoms with van der Waals surface area (Å²) in [4.78, 5) is 28.0. The van der Waals surface area contributed by atoms with E-state index in [1.54, 1.807) is 48.5 Å². The number of hydrogen-bond acceptors (Lipinski definition) is 5. The highest BCUT2D eigenvalue weighted by atomic mass is 35.5. The molecule has 0 radical (unpaired) electrons. The van der Waals surface area contributed by atoms with Crippen LogP contribution >= 0.6 is 23.2 Å². The molecule has 3 aromatic rings. The molecule has 2 aromatic carbocycles. The first kappa shape index (κ1) is 18.9. The van der Waals surface area contributed by atoms with Gasteiger partial charge in [-0.15, -0.1) is 0 Å². The molecule has 0 saturated heterocycles. The molecule has 0 aliphatic carbocycles. The number of carbonyl (C=O) groups excluding carboxylic acids is 2. The van der Waals surface area contributed by atoms with Gasteiger partial charge in [0.2, 0.25) is 17.6 Å². The van der Waals surface area contributed by atoms with Gasteiger partial charge in [0.25, 0.3) is 5.91 Å². The van der Waals surface area contributed by atoms with E-state index in [1.165, 1.54) is 0 Å². The van der Waals surface area contributed by atoms with Crippen molar-refractivity contribution in [3.05, 3.63) is 70.0 Å². The molecule has 1 heterocycles. The first-order valence-corrected chi connectivity index (χ1v) is 8.70. The minimum Gasteiger partial charge on any atom is -0.339 e. The van der Waals surface area contributed by atoms with Gasteiger partial charge in [-0.1, -0.05) is 28.4 Å². The summed E-state index contributed by atoms with van der Waals surface area (Å²) in [6.07, 6.45) is 0.312. The molecule has 1 aromatic heterocycles. The Morgan fingerprint density at radius 1 is 0.926 bits per heavy atom. The fourth-order valence-electron chi connectivity index (χ4n) is 2.16. The third-order valence-electron chi connectivity index (χ3n) is 3.56. The Labute approximate surface area is 164 Å². The Hall–Kier alpha value is -2.90. The van der Waals surface area contributed by atoms with Gasteiger partial charge in [-0.25, -0.2) is 0 Å². The van der Waals surface area contributed by atoms with Crippen LogP contribution in [0.15, 0.2) is 53.1 Å². The molecule has 0 bridgehead atoms. The number of nitrogens with one attached hydrogen (secondary N) is 2. The lowest BCUT2D eigenvalue weighted by atomic mass is 10.2. The molecule has 0 aliphatic heterocycles. The van der Waals surface area contributed by atoms with Crippen LogP contribution in [0.1, 0.15) is 22.7 Å². The summed E-state index contributed by atoms with van der Waals surface area (Å²) in [6.45, 7) is 0. The third-order valence-corrected chi connectivity index (χ3v) is 4.06. The molecule has 7 nitrogen and oxygen atoms in total. The van der Waals surface area contributed by atoms with E-state index < -0.39 is 5.91 Å². The van der Waals surface area contributed by atoms with Gasteiger partial charge in [-0.05, 0) is 48.5 Å². The molecule has 2 amide bonds. The van der Waals surface area contributed by atoms with Gasteiger partial charge in [-0.2, -0.15) is 4.98 Å². The van der Waals surface area contributed by atoms with Crippen molar-refractivity contribution < 1.29 is 14.1 Å². The Morgan fingerprint density at radius 2 is 1.56 bits per heavy atom. The monoisotopic (exact) mass is 404 g/mol. The highest BCUT2D eigenvalue weighted by Crippen LogP contribution is 2.19. The minimum atomic E-state index is -0.442. The fraction of sp³-hybridized carbons (Fsp3) is 0.111. The molecule has 3 rings (SSSR count). The molecule has 0 unspecified atom stereocenters. The summed E-state index contributed by atoms with van der Waals surface area (Å²) in [5.41, 5.74) is 5.80. The molecule has 138 valence electrons. The van der Waals surface area contributed by atoms with Gasteiger partial charge >= 0.3 is 0 Å². The number of aryl methyl sites for hydroxylation is 1. The Kier molecular flexibility index (Phi) is 6.05. The smallest absolute Gasteiger partial charge is 0.269 e.